The van der Waals surface area contributed by atoms with E-state index in [9.17, 15) is 18.9 Å². The summed E-state index contributed by atoms with van der Waals surface area (Å²) >= 11 is 0. The van der Waals surface area contributed by atoms with Crippen molar-refractivity contribution in [2.75, 3.05) is 19.8 Å². The van der Waals surface area contributed by atoms with E-state index in [0.717, 1.165) is 6.07 Å². The van der Waals surface area contributed by atoms with Gasteiger partial charge >= 0.3 is 5.69 Å². The van der Waals surface area contributed by atoms with E-state index >= 15 is 0 Å². The molecule has 104 valence electrons. The summed E-state index contributed by atoms with van der Waals surface area (Å²) in [6.07, 6.45) is 0. The van der Waals surface area contributed by atoms with Gasteiger partial charge in [-0.25, -0.2) is 4.39 Å². The molecule has 0 N–H and O–H groups in total. The molecule has 19 heavy (non-hydrogen) atoms. The molecule has 0 bridgehead atoms. The predicted molar refractivity (Wildman–Crippen MR) is 58.8 cm³/mol. The second-order valence-electron chi connectivity index (χ2n) is 4.09. The van der Waals surface area contributed by atoms with Gasteiger partial charge in [-0.1, -0.05) is 0 Å². The minimum atomic E-state index is -1.41. The quantitative estimate of drug-likeness (QED) is 0.621. The normalized spacial score (nSPS) is 17.4. The smallest absolute Gasteiger partial charge is 0.314 e. The van der Waals surface area contributed by atoms with Crippen molar-refractivity contribution in [1.29, 1.82) is 0 Å². The maximum Gasteiger partial charge on any atom is 0.314 e. The molecule has 0 atom stereocenters. The van der Waals surface area contributed by atoms with E-state index in [1.807, 2.05) is 0 Å². The lowest BCUT2D eigenvalue weighted by Gasteiger charge is -2.22. The molecular weight excluding hydrogens is 264 g/mol. The van der Waals surface area contributed by atoms with Crippen LogP contribution < -0.4 is 4.74 Å². The third kappa shape index (κ3) is 2.79. The lowest BCUT2D eigenvalue weighted by atomic mass is 10.2. The van der Waals surface area contributed by atoms with E-state index < -0.39 is 33.8 Å². The first-order chi connectivity index (χ1) is 8.93. The molecular formula is C11H11F2NO5. The Hall–Kier alpha value is -1.80. The van der Waals surface area contributed by atoms with Gasteiger partial charge in [-0.05, 0) is 13.0 Å². The van der Waals surface area contributed by atoms with Crippen LogP contribution in [-0.2, 0) is 9.47 Å². The zero-order valence-electron chi connectivity index (χ0n) is 10.0. The molecule has 1 aliphatic rings. The fourth-order valence-electron chi connectivity index (χ4n) is 1.65. The number of rotatable bonds is 4. The Morgan fingerprint density at radius 2 is 2.05 bits per heavy atom. The molecule has 2 rings (SSSR count). The van der Waals surface area contributed by atoms with Crippen LogP contribution in [0.25, 0.3) is 0 Å². The Kier molecular flexibility index (Phi) is 3.63. The minimum absolute atomic E-state index is 0.284. The highest BCUT2D eigenvalue weighted by molar-refractivity contribution is 5.47. The van der Waals surface area contributed by atoms with Crippen LogP contribution in [0.15, 0.2) is 12.1 Å². The first kappa shape index (κ1) is 13.6. The van der Waals surface area contributed by atoms with Crippen molar-refractivity contribution in [2.24, 2.45) is 0 Å². The van der Waals surface area contributed by atoms with Gasteiger partial charge in [0, 0.05) is 6.07 Å². The van der Waals surface area contributed by atoms with Crippen LogP contribution in [0.1, 0.15) is 6.92 Å². The molecule has 0 saturated carbocycles. The number of halogens is 2. The fourth-order valence-corrected chi connectivity index (χ4v) is 1.65. The van der Waals surface area contributed by atoms with Crippen molar-refractivity contribution in [3.8, 4) is 5.75 Å². The van der Waals surface area contributed by atoms with Gasteiger partial charge in [0.1, 0.15) is 6.61 Å². The summed E-state index contributed by atoms with van der Waals surface area (Å²) in [6.45, 7) is 1.94. The van der Waals surface area contributed by atoms with Crippen LogP contribution in [0.2, 0.25) is 0 Å². The molecule has 0 radical (unpaired) electrons. The van der Waals surface area contributed by atoms with Crippen LogP contribution in [0.5, 0.6) is 5.75 Å². The lowest BCUT2D eigenvalue weighted by Crippen LogP contribution is -2.33. The van der Waals surface area contributed by atoms with E-state index in [2.05, 4.69) is 0 Å². The number of ether oxygens (including phenoxy) is 3. The first-order valence-corrected chi connectivity index (χ1v) is 5.46. The Bertz CT molecular complexity index is 502. The third-order valence-electron chi connectivity index (χ3n) is 2.60. The average Bonchev–Trinajstić information content (AvgIpc) is 2.78. The first-order valence-electron chi connectivity index (χ1n) is 5.46. The highest BCUT2D eigenvalue weighted by Gasteiger charge is 2.34. The molecule has 1 aromatic carbocycles. The molecule has 6 nitrogen and oxygen atoms in total. The third-order valence-corrected chi connectivity index (χ3v) is 2.60. The van der Waals surface area contributed by atoms with Gasteiger partial charge in [-0.15, -0.1) is 0 Å². The Balaban J connectivity index is 2.23. The maximum absolute atomic E-state index is 13.5. The molecule has 0 spiro atoms. The number of hydrogen-bond donors (Lipinski definition) is 0. The lowest BCUT2D eigenvalue weighted by molar-refractivity contribution is -0.386. The zero-order chi connectivity index (χ0) is 14.0. The number of benzene rings is 1. The van der Waals surface area contributed by atoms with Gasteiger partial charge < -0.3 is 14.2 Å². The van der Waals surface area contributed by atoms with Crippen molar-refractivity contribution in [1.82, 2.24) is 0 Å². The summed E-state index contributed by atoms with van der Waals surface area (Å²) < 4.78 is 42.0. The molecule has 1 aromatic rings. The zero-order valence-corrected chi connectivity index (χ0v) is 10.0. The number of nitrogens with zero attached hydrogens (tertiary/aromatic N) is 1. The van der Waals surface area contributed by atoms with Crippen LogP contribution >= 0.6 is 0 Å². The van der Waals surface area contributed by atoms with Crippen molar-refractivity contribution < 1.29 is 27.9 Å². The molecule has 1 heterocycles. The standard InChI is InChI=1S/C11H11F2NO5/c1-11(18-4-5-19-11)6-17-10-8(14(15)16)3-2-7(12)9(10)13/h2-3H,4-6H2,1H3. The fraction of sp³-hybridized carbons (Fsp3) is 0.455. The van der Waals surface area contributed by atoms with E-state index in [-0.39, 0.29) is 6.61 Å². The summed E-state index contributed by atoms with van der Waals surface area (Å²) in [6, 6.07) is 1.51. The minimum Gasteiger partial charge on any atom is -0.479 e. The van der Waals surface area contributed by atoms with Gasteiger partial charge in [0.25, 0.3) is 0 Å². The Morgan fingerprint density at radius 3 is 2.63 bits per heavy atom. The molecule has 1 fully saturated rings. The topological polar surface area (TPSA) is 70.8 Å². The summed E-state index contributed by atoms with van der Waals surface area (Å²) in [4.78, 5) is 9.88. The number of nitro groups is 1. The number of hydrogen-bond acceptors (Lipinski definition) is 5. The van der Waals surface area contributed by atoms with Crippen LogP contribution in [0.3, 0.4) is 0 Å². The summed E-state index contributed by atoms with van der Waals surface area (Å²) in [5, 5.41) is 10.7. The van der Waals surface area contributed by atoms with Crippen molar-refractivity contribution >= 4 is 5.69 Å². The second-order valence-corrected chi connectivity index (χ2v) is 4.09. The van der Waals surface area contributed by atoms with Crippen LogP contribution in [0, 0.1) is 21.7 Å². The van der Waals surface area contributed by atoms with E-state index in [4.69, 9.17) is 14.2 Å². The molecule has 0 amide bonds. The predicted octanol–water partition coefficient (Wildman–Crippen LogP) is 2.01. The molecule has 0 aliphatic carbocycles. The van der Waals surface area contributed by atoms with Gasteiger partial charge in [0.05, 0.1) is 18.1 Å². The van der Waals surface area contributed by atoms with Gasteiger partial charge in [0.15, 0.2) is 11.6 Å². The summed E-state index contributed by atoms with van der Waals surface area (Å²) in [5.41, 5.74) is -0.652. The van der Waals surface area contributed by atoms with Crippen molar-refractivity contribution in [3.05, 3.63) is 33.9 Å². The van der Waals surface area contributed by atoms with Crippen LogP contribution in [-0.4, -0.2) is 30.5 Å². The Labute approximate surface area is 107 Å². The van der Waals surface area contributed by atoms with Gasteiger partial charge in [-0.2, -0.15) is 4.39 Å². The van der Waals surface area contributed by atoms with Crippen LogP contribution in [0.4, 0.5) is 14.5 Å². The van der Waals surface area contributed by atoms with E-state index in [1.54, 1.807) is 6.92 Å². The van der Waals surface area contributed by atoms with Crippen molar-refractivity contribution in [2.45, 2.75) is 12.7 Å². The largest absolute Gasteiger partial charge is 0.479 e. The molecule has 0 unspecified atom stereocenters. The van der Waals surface area contributed by atoms with Crippen molar-refractivity contribution in [3.63, 3.8) is 0 Å². The highest BCUT2D eigenvalue weighted by Crippen LogP contribution is 2.32. The molecule has 8 heteroatoms. The maximum atomic E-state index is 13.5. The highest BCUT2D eigenvalue weighted by atomic mass is 19.2. The summed E-state index contributed by atoms with van der Waals surface area (Å²) in [7, 11) is 0. The van der Waals surface area contributed by atoms with Gasteiger partial charge in [-0.3, -0.25) is 10.1 Å². The second kappa shape index (κ2) is 5.06. The Morgan fingerprint density at radius 1 is 1.42 bits per heavy atom. The van der Waals surface area contributed by atoms with Gasteiger partial charge in [0.2, 0.25) is 11.6 Å². The number of nitro benzene ring substituents is 1. The average molecular weight is 275 g/mol. The van der Waals surface area contributed by atoms with E-state index in [1.165, 1.54) is 0 Å². The molecule has 1 aliphatic heterocycles. The molecule has 1 saturated heterocycles. The molecule has 0 aromatic heterocycles. The van der Waals surface area contributed by atoms with E-state index in [0.29, 0.717) is 19.3 Å². The monoisotopic (exact) mass is 275 g/mol. The SMILES string of the molecule is CC1(COc2c([N+](=O)[O-])ccc(F)c2F)OCCO1. The summed E-state index contributed by atoms with van der Waals surface area (Å²) in [5.74, 6) is -4.51.